The number of nitrogens with one attached hydrogen (secondary N) is 1. The summed E-state index contributed by atoms with van der Waals surface area (Å²) in [6.45, 7) is 0. The van der Waals surface area contributed by atoms with E-state index in [1.807, 2.05) is 54.6 Å². The van der Waals surface area contributed by atoms with Gasteiger partial charge in [-0.1, -0.05) is 88.1 Å². The second-order valence-corrected chi connectivity index (χ2v) is 8.93. The second-order valence-electron chi connectivity index (χ2n) is 6.08. The van der Waals surface area contributed by atoms with Crippen molar-refractivity contribution in [2.24, 2.45) is 10.2 Å². The zero-order valence-electron chi connectivity index (χ0n) is 15.1. The van der Waals surface area contributed by atoms with Gasteiger partial charge in [0.15, 0.2) is 5.00 Å². The Bertz CT molecular complexity index is 1190. The smallest absolute Gasteiger partial charge is 0.164 e. The molecule has 4 rings (SSSR count). The fourth-order valence-electron chi connectivity index (χ4n) is 2.71. The highest BCUT2D eigenvalue weighted by Gasteiger charge is 2.20. The van der Waals surface area contributed by atoms with Gasteiger partial charge < -0.3 is 5.32 Å². The maximum absolute atomic E-state index is 6.62. The van der Waals surface area contributed by atoms with E-state index >= 15 is 0 Å². The van der Waals surface area contributed by atoms with E-state index in [1.54, 1.807) is 0 Å². The number of rotatable bonds is 5. The van der Waals surface area contributed by atoms with E-state index in [2.05, 4.69) is 20.5 Å². The van der Waals surface area contributed by atoms with Crippen LogP contribution in [0, 0.1) is 0 Å². The van der Waals surface area contributed by atoms with Crippen molar-refractivity contribution in [3.8, 4) is 11.1 Å². The second kappa shape index (κ2) is 9.33. The first-order valence-electron chi connectivity index (χ1n) is 8.64. The number of pyridine rings is 1. The lowest BCUT2D eigenvalue weighted by molar-refractivity contribution is 1.22. The van der Waals surface area contributed by atoms with E-state index in [4.69, 9.17) is 46.4 Å². The molecule has 0 radical (unpaired) electrons. The van der Waals surface area contributed by atoms with Crippen LogP contribution in [0.25, 0.3) is 11.1 Å². The van der Waals surface area contributed by atoms with Crippen LogP contribution in [0.15, 0.2) is 77.2 Å². The van der Waals surface area contributed by atoms with E-state index < -0.39 is 0 Å². The predicted octanol–water partition coefficient (Wildman–Crippen LogP) is 9.58. The number of azo groups is 1. The van der Waals surface area contributed by atoms with E-state index in [-0.39, 0.29) is 0 Å². The highest BCUT2D eigenvalue weighted by Crippen LogP contribution is 2.50. The normalized spacial score (nSPS) is 11.2. The van der Waals surface area contributed by atoms with Crippen LogP contribution in [-0.2, 0) is 0 Å². The Morgan fingerprint density at radius 3 is 2.13 bits per heavy atom. The summed E-state index contributed by atoms with van der Waals surface area (Å²) < 4.78 is 0.566. The first-order valence-corrected chi connectivity index (χ1v) is 11.0. The first kappa shape index (κ1) is 21.1. The lowest BCUT2D eigenvalue weighted by atomic mass is 10.1. The van der Waals surface area contributed by atoms with Crippen molar-refractivity contribution < 1.29 is 0 Å². The summed E-state index contributed by atoms with van der Waals surface area (Å²) in [4.78, 5) is 3.93. The van der Waals surface area contributed by atoms with Gasteiger partial charge in [0.05, 0.1) is 15.7 Å². The van der Waals surface area contributed by atoms with E-state index in [9.17, 15) is 0 Å². The van der Waals surface area contributed by atoms with Crippen LogP contribution < -0.4 is 5.32 Å². The largest absolute Gasteiger partial charge is 0.352 e. The highest BCUT2D eigenvalue weighted by molar-refractivity contribution is 7.21. The number of para-hydroxylation sites is 1. The number of thiophene rings is 1. The standard InChI is InChI=1S/C21H12Cl4N4S/c22-13-8-6-12(7-9-13)17-19(27-14-4-2-1-3-5-14)21(30-20(17)25)29-28-18-15(23)10-26-11-16(18)24/h1-11,27H. The fourth-order valence-corrected chi connectivity index (χ4v) is 4.53. The highest BCUT2D eigenvalue weighted by atomic mass is 35.5. The monoisotopic (exact) mass is 492 g/mol. The van der Waals surface area contributed by atoms with Crippen molar-refractivity contribution in [3.63, 3.8) is 0 Å². The van der Waals surface area contributed by atoms with Crippen molar-refractivity contribution in [2.45, 2.75) is 0 Å². The summed E-state index contributed by atoms with van der Waals surface area (Å²) >= 11 is 26.3. The molecule has 9 heteroatoms. The minimum absolute atomic E-state index is 0.310. The Hall–Kier alpha value is -2.15. The van der Waals surface area contributed by atoms with Crippen molar-refractivity contribution in [2.75, 3.05) is 5.32 Å². The summed E-state index contributed by atoms with van der Waals surface area (Å²) in [5, 5.41) is 13.9. The van der Waals surface area contributed by atoms with Crippen molar-refractivity contribution >= 4 is 79.8 Å². The molecule has 0 unspecified atom stereocenters. The topological polar surface area (TPSA) is 49.6 Å². The minimum Gasteiger partial charge on any atom is -0.352 e. The average Bonchev–Trinajstić information content (AvgIpc) is 3.04. The summed E-state index contributed by atoms with van der Waals surface area (Å²) in [5.74, 6) is 0. The van der Waals surface area contributed by atoms with Crippen molar-refractivity contribution in [3.05, 3.63) is 86.4 Å². The molecule has 2 aromatic carbocycles. The van der Waals surface area contributed by atoms with Gasteiger partial charge in [0.1, 0.15) is 10.0 Å². The summed E-state index contributed by atoms with van der Waals surface area (Å²) in [6.07, 6.45) is 2.93. The quantitative estimate of drug-likeness (QED) is 0.281. The number of anilines is 2. The Kier molecular flexibility index (Phi) is 6.56. The van der Waals surface area contributed by atoms with Gasteiger partial charge in [0.25, 0.3) is 0 Å². The maximum Gasteiger partial charge on any atom is 0.164 e. The molecule has 30 heavy (non-hydrogen) atoms. The van der Waals surface area contributed by atoms with Crippen molar-refractivity contribution in [1.82, 2.24) is 4.98 Å². The maximum atomic E-state index is 6.62. The Balaban J connectivity index is 1.83. The zero-order valence-corrected chi connectivity index (χ0v) is 19.0. The fraction of sp³-hybridized carbons (Fsp3) is 0. The molecule has 0 saturated carbocycles. The van der Waals surface area contributed by atoms with Gasteiger partial charge >= 0.3 is 0 Å². The molecule has 0 aliphatic rings. The molecular formula is C21H12Cl4N4S. The molecule has 4 aromatic rings. The van der Waals surface area contributed by atoms with Gasteiger partial charge in [-0.15, -0.1) is 10.2 Å². The molecule has 0 saturated heterocycles. The molecule has 0 aliphatic carbocycles. The molecule has 150 valence electrons. The van der Waals surface area contributed by atoms with Crippen molar-refractivity contribution in [1.29, 1.82) is 0 Å². The van der Waals surface area contributed by atoms with Crippen LogP contribution in [0.4, 0.5) is 22.1 Å². The van der Waals surface area contributed by atoms with Gasteiger partial charge in [0.2, 0.25) is 0 Å². The first-order chi connectivity index (χ1) is 14.5. The SMILES string of the molecule is Clc1ccc(-c2c(Cl)sc(N=Nc3c(Cl)cncc3Cl)c2Nc2ccccc2)cc1. The lowest BCUT2D eigenvalue weighted by Gasteiger charge is -2.10. The summed E-state index contributed by atoms with van der Waals surface area (Å²) in [7, 11) is 0. The van der Waals surface area contributed by atoms with Crippen LogP contribution in [0.1, 0.15) is 0 Å². The molecule has 2 heterocycles. The number of benzene rings is 2. The molecule has 0 spiro atoms. The molecule has 0 amide bonds. The van der Waals surface area contributed by atoms with E-state index in [1.165, 1.54) is 23.7 Å². The van der Waals surface area contributed by atoms with Crippen LogP contribution in [0.3, 0.4) is 0 Å². The third-order valence-corrected chi connectivity index (χ3v) is 6.18. The molecule has 0 atom stereocenters. The third-order valence-electron chi connectivity index (χ3n) is 4.09. The molecule has 4 nitrogen and oxygen atoms in total. The number of halogens is 4. The summed E-state index contributed by atoms with van der Waals surface area (Å²) in [6, 6.07) is 17.2. The van der Waals surface area contributed by atoms with Gasteiger partial charge in [-0.25, -0.2) is 0 Å². The molecule has 0 fully saturated rings. The molecule has 1 N–H and O–H groups in total. The summed E-state index contributed by atoms with van der Waals surface area (Å²) in [5.41, 5.74) is 3.67. The van der Waals surface area contributed by atoms with Gasteiger partial charge in [0, 0.05) is 28.7 Å². The number of hydrogen-bond donors (Lipinski definition) is 1. The van der Waals surface area contributed by atoms with Crippen LogP contribution in [-0.4, -0.2) is 4.98 Å². The number of nitrogens with zero attached hydrogens (tertiary/aromatic N) is 3. The minimum atomic E-state index is 0.310. The molecular weight excluding hydrogens is 482 g/mol. The Labute approximate surface area is 197 Å². The zero-order chi connectivity index (χ0) is 21.1. The molecule has 0 aliphatic heterocycles. The van der Waals surface area contributed by atoms with Crippen LogP contribution >= 0.6 is 57.7 Å². The number of aromatic nitrogens is 1. The number of hydrogen-bond acceptors (Lipinski definition) is 5. The van der Waals surface area contributed by atoms with E-state index in [0.29, 0.717) is 30.1 Å². The predicted molar refractivity (Wildman–Crippen MR) is 128 cm³/mol. The van der Waals surface area contributed by atoms with Gasteiger partial charge in [-0.05, 0) is 29.8 Å². The average molecular weight is 494 g/mol. The van der Waals surface area contributed by atoms with Gasteiger partial charge in [-0.2, -0.15) is 0 Å². The molecule has 2 aromatic heterocycles. The third kappa shape index (κ3) is 4.61. The Morgan fingerprint density at radius 1 is 0.800 bits per heavy atom. The molecule has 0 bridgehead atoms. The lowest BCUT2D eigenvalue weighted by Crippen LogP contribution is -1.91. The Morgan fingerprint density at radius 2 is 1.47 bits per heavy atom. The van der Waals surface area contributed by atoms with Crippen LogP contribution in [0.2, 0.25) is 19.4 Å². The van der Waals surface area contributed by atoms with Gasteiger partial charge in [-0.3, -0.25) is 4.98 Å². The van der Waals surface area contributed by atoms with E-state index in [0.717, 1.165) is 22.5 Å². The van der Waals surface area contributed by atoms with Crippen LogP contribution in [0.5, 0.6) is 0 Å².